The monoisotopic (exact) mass is 199 g/mol. The van der Waals surface area contributed by atoms with Crippen LogP contribution >= 0.6 is 11.3 Å². The molecule has 0 N–H and O–H groups in total. The smallest absolute Gasteiger partial charge is 0.0912 e. The van der Waals surface area contributed by atoms with Crippen LogP contribution in [0.5, 0.6) is 0 Å². The normalized spacial score (nSPS) is 10.9. The van der Waals surface area contributed by atoms with Gasteiger partial charge >= 0.3 is 0 Å². The third-order valence-electron chi connectivity index (χ3n) is 2.16. The second-order valence-electron chi connectivity index (χ2n) is 3.11. The van der Waals surface area contributed by atoms with Crippen molar-refractivity contribution >= 4 is 27.5 Å². The second kappa shape index (κ2) is 3.65. The number of nitriles is 1. The lowest BCUT2D eigenvalue weighted by Crippen LogP contribution is -1.72. The number of rotatable bonds is 1. The molecule has 1 aromatic heterocycles. The first-order chi connectivity index (χ1) is 6.83. The molecule has 68 valence electrons. The van der Waals surface area contributed by atoms with E-state index in [1.807, 2.05) is 18.2 Å². The fraction of sp³-hybridized carbons (Fsp3) is 0.0833. The third kappa shape index (κ3) is 1.43. The Hall–Kier alpha value is -1.59. The van der Waals surface area contributed by atoms with E-state index in [1.54, 1.807) is 11.3 Å². The summed E-state index contributed by atoms with van der Waals surface area (Å²) >= 11 is 1.73. The van der Waals surface area contributed by atoms with Crippen molar-refractivity contribution in [3.8, 4) is 6.07 Å². The van der Waals surface area contributed by atoms with Crippen LogP contribution in [0.4, 0.5) is 0 Å². The van der Waals surface area contributed by atoms with Crippen molar-refractivity contribution in [2.75, 3.05) is 0 Å². The Morgan fingerprint density at radius 1 is 1.43 bits per heavy atom. The highest BCUT2D eigenvalue weighted by molar-refractivity contribution is 7.17. The Bertz CT molecular complexity index is 529. The zero-order valence-corrected chi connectivity index (χ0v) is 8.64. The van der Waals surface area contributed by atoms with Gasteiger partial charge in [-0.1, -0.05) is 18.2 Å². The summed E-state index contributed by atoms with van der Waals surface area (Å²) in [6.07, 6.45) is 3.38. The molecule has 2 heteroatoms. The zero-order valence-electron chi connectivity index (χ0n) is 7.82. The molecule has 2 rings (SSSR count). The van der Waals surface area contributed by atoms with Crippen molar-refractivity contribution < 1.29 is 0 Å². The minimum Gasteiger partial charge on any atom is -0.193 e. The Morgan fingerprint density at radius 3 is 3.07 bits per heavy atom. The summed E-state index contributed by atoms with van der Waals surface area (Å²) in [5.41, 5.74) is 2.43. The predicted octanol–water partition coefficient (Wildman–Crippen LogP) is 3.75. The SMILES string of the molecule is Cc1cccc2c(C=CC#N)csc12. The quantitative estimate of drug-likeness (QED) is 0.642. The minimum atomic E-state index is 1.13. The predicted molar refractivity (Wildman–Crippen MR) is 61.2 cm³/mol. The summed E-state index contributed by atoms with van der Waals surface area (Å²) in [5, 5.41) is 11.8. The number of nitrogens with zero attached hydrogens (tertiary/aromatic N) is 1. The molecule has 0 aliphatic rings. The van der Waals surface area contributed by atoms with Gasteiger partial charge in [-0.25, -0.2) is 0 Å². The van der Waals surface area contributed by atoms with Crippen LogP contribution in [0, 0.1) is 18.3 Å². The van der Waals surface area contributed by atoms with Crippen molar-refractivity contribution in [3.05, 3.63) is 40.8 Å². The van der Waals surface area contributed by atoms with Crippen LogP contribution in [0.15, 0.2) is 29.7 Å². The number of allylic oxidation sites excluding steroid dienone is 1. The van der Waals surface area contributed by atoms with E-state index in [9.17, 15) is 0 Å². The van der Waals surface area contributed by atoms with E-state index in [0.717, 1.165) is 5.56 Å². The van der Waals surface area contributed by atoms with E-state index < -0.39 is 0 Å². The van der Waals surface area contributed by atoms with Gasteiger partial charge in [0.25, 0.3) is 0 Å². The summed E-state index contributed by atoms with van der Waals surface area (Å²) in [6.45, 7) is 2.11. The fourth-order valence-corrected chi connectivity index (χ4v) is 2.50. The molecule has 0 saturated carbocycles. The molecule has 14 heavy (non-hydrogen) atoms. The van der Waals surface area contributed by atoms with Gasteiger partial charge in [0.1, 0.15) is 0 Å². The largest absolute Gasteiger partial charge is 0.193 e. The number of benzene rings is 1. The lowest BCUT2D eigenvalue weighted by molar-refractivity contribution is 1.54. The van der Waals surface area contributed by atoms with E-state index in [0.29, 0.717) is 0 Å². The number of hydrogen-bond acceptors (Lipinski definition) is 2. The van der Waals surface area contributed by atoms with Crippen LogP contribution in [-0.2, 0) is 0 Å². The highest BCUT2D eigenvalue weighted by Crippen LogP contribution is 2.29. The first-order valence-electron chi connectivity index (χ1n) is 4.36. The summed E-state index contributed by atoms with van der Waals surface area (Å²) < 4.78 is 1.31. The maximum Gasteiger partial charge on any atom is 0.0912 e. The molecular weight excluding hydrogens is 190 g/mol. The zero-order chi connectivity index (χ0) is 9.97. The van der Waals surface area contributed by atoms with Crippen molar-refractivity contribution in [1.29, 1.82) is 5.26 Å². The molecule has 0 aliphatic carbocycles. The van der Waals surface area contributed by atoms with Crippen LogP contribution < -0.4 is 0 Å². The fourth-order valence-electron chi connectivity index (χ4n) is 1.48. The lowest BCUT2D eigenvalue weighted by atomic mass is 10.1. The van der Waals surface area contributed by atoms with Crippen molar-refractivity contribution in [2.45, 2.75) is 6.92 Å². The van der Waals surface area contributed by atoms with Gasteiger partial charge in [-0.2, -0.15) is 5.26 Å². The molecule has 0 radical (unpaired) electrons. The molecular formula is C12H9NS. The van der Waals surface area contributed by atoms with E-state index >= 15 is 0 Å². The molecule has 1 aromatic carbocycles. The molecule has 0 bridgehead atoms. The van der Waals surface area contributed by atoms with Crippen LogP contribution in [0.3, 0.4) is 0 Å². The van der Waals surface area contributed by atoms with Gasteiger partial charge in [0.2, 0.25) is 0 Å². The Labute approximate surface area is 86.9 Å². The first-order valence-corrected chi connectivity index (χ1v) is 5.24. The molecule has 1 heterocycles. The van der Waals surface area contributed by atoms with Crippen molar-refractivity contribution in [2.24, 2.45) is 0 Å². The third-order valence-corrected chi connectivity index (χ3v) is 3.31. The molecule has 1 nitrogen and oxygen atoms in total. The van der Waals surface area contributed by atoms with E-state index in [2.05, 4.69) is 24.4 Å². The molecule has 0 saturated heterocycles. The second-order valence-corrected chi connectivity index (χ2v) is 3.98. The first kappa shape index (κ1) is 8.98. The Morgan fingerprint density at radius 2 is 2.29 bits per heavy atom. The van der Waals surface area contributed by atoms with E-state index in [4.69, 9.17) is 5.26 Å². The summed E-state index contributed by atoms with van der Waals surface area (Å²) in [7, 11) is 0. The topological polar surface area (TPSA) is 23.8 Å². The lowest BCUT2D eigenvalue weighted by Gasteiger charge is -1.94. The minimum absolute atomic E-state index is 1.13. The summed E-state index contributed by atoms with van der Waals surface area (Å²) in [6, 6.07) is 8.26. The number of aryl methyl sites for hydroxylation is 1. The molecule has 0 aliphatic heterocycles. The number of thiophene rings is 1. The Balaban J connectivity index is 2.65. The molecule has 0 amide bonds. The highest BCUT2D eigenvalue weighted by Gasteiger charge is 2.02. The van der Waals surface area contributed by atoms with E-state index in [-0.39, 0.29) is 0 Å². The maximum absolute atomic E-state index is 8.46. The average Bonchev–Trinajstić information content (AvgIpc) is 2.60. The number of fused-ring (bicyclic) bond motifs is 1. The standard InChI is InChI=1S/C12H9NS/c1-9-4-2-6-11-10(5-3-7-13)8-14-12(9)11/h2-6,8H,1H3. The van der Waals surface area contributed by atoms with Gasteiger partial charge < -0.3 is 0 Å². The summed E-state index contributed by atoms with van der Waals surface area (Å²) in [5.74, 6) is 0. The summed E-state index contributed by atoms with van der Waals surface area (Å²) in [4.78, 5) is 0. The number of hydrogen-bond donors (Lipinski definition) is 0. The van der Waals surface area contributed by atoms with Crippen molar-refractivity contribution in [1.82, 2.24) is 0 Å². The Kier molecular flexibility index (Phi) is 2.34. The average molecular weight is 199 g/mol. The van der Waals surface area contributed by atoms with E-state index in [1.165, 1.54) is 21.7 Å². The van der Waals surface area contributed by atoms with Crippen molar-refractivity contribution in [3.63, 3.8) is 0 Å². The molecule has 0 spiro atoms. The van der Waals surface area contributed by atoms with Crippen LogP contribution in [0.2, 0.25) is 0 Å². The maximum atomic E-state index is 8.46. The van der Waals surface area contributed by atoms with Gasteiger partial charge in [0.15, 0.2) is 0 Å². The van der Waals surface area contributed by atoms with Gasteiger partial charge in [0, 0.05) is 10.8 Å². The van der Waals surface area contributed by atoms with Crippen LogP contribution in [-0.4, -0.2) is 0 Å². The van der Waals surface area contributed by atoms with Gasteiger partial charge in [-0.3, -0.25) is 0 Å². The van der Waals surface area contributed by atoms with Crippen LogP contribution in [0.1, 0.15) is 11.1 Å². The highest BCUT2D eigenvalue weighted by atomic mass is 32.1. The molecule has 0 atom stereocenters. The van der Waals surface area contributed by atoms with Crippen LogP contribution in [0.25, 0.3) is 16.2 Å². The molecule has 2 aromatic rings. The molecule has 0 unspecified atom stereocenters. The van der Waals surface area contributed by atoms with Gasteiger partial charge in [-0.15, -0.1) is 11.3 Å². The van der Waals surface area contributed by atoms with Gasteiger partial charge in [-0.05, 0) is 34.9 Å². The molecule has 0 fully saturated rings. The van der Waals surface area contributed by atoms with Gasteiger partial charge in [0.05, 0.1) is 6.07 Å².